The van der Waals surface area contributed by atoms with Crippen molar-refractivity contribution in [1.29, 1.82) is 0 Å². The van der Waals surface area contributed by atoms with Crippen molar-refractivity contribution in [2.24, 2.45) is 0 Å². The first kappa shape index (κ1) is 25.2. The average molecular weight is 366 g/mol. The van der Waals surface area contributed by atoms with Gasteiger partial charge in [0.2, 0.25) is 5.91 Å². The van der Waals surface area contributed by atoms with Crippen LogP contribution in [0.1, 0.15) is 124 Å². The van der Waals surface area contributed by atoms with Crippen LogP contribution in [0, 0.1) is 0 Å². The molecular weight excluding hydrogens is 318 g/mol. The molecule has 0 rings (SSSR count). The zero-order valence-electron chi connectivity index (χ0n) is 18.3. The van der Waals surface area contributed by atoms with Gasteiger partial charge in [-0.25, -0.2) is 0 Å². The van der Waals surface area contributed by atoms with E-state index in [-0.39, 0.29) is 5.91 Å². The molecule has 0 spiro atoms. The SMILES string of the molecule is C=C(C)C(=O)N(CCCCCCCCCC)CCCCCCCCCC. The third-order valence-electron chi connectivity index (χ3n) is 5.22. The van der Waals surface area contributed by atoms with Gasteiger partial charge in [0.15, 0.2) is 0 Å². The molecule has 2 heteroatoms. The Bertz CT molecular complexity index is 317. The van der Waals surface area contributed by atoms with E-state index in [0.717, 1.165) is 25.9 Å². The first-order chi connectivity index (χ1) is 12.6. The maximum Gasteiger partial charge on any atom is 0.248 e. The topological polar surface area (TPSA) is 20.3 Å². The van der Waals surface area contributed by atoms with Crippen molar-refractivity contribution in [1.82, 2.24) is 4.90 Å². The van der Waals surface area contributed by atoms with Crippen LogP contribution in [-0.2, 0) is 4.79 Å². The van der Waals surface area contributed by atoms with E-state index in [4.69, 9.17) is 0 Å². The van der Waals surface area contributed by atoms with Gasteiger partial charge in [0.05, 0.1) is 0 Å². The molecule has 26 heavy (non-hydrogen) atoms. The Labute approximate surface area is 164 Å². The molecule has 0 fully saturated rings. The summed E-state index contributed by atoms with van der Waals surface area (Å²) in [6.45, 7) is 12.1. The normalized spacial score (nSPS) is 10.9. The van der Waals surface area contributed by atoms with Crippen molar-refractivity contribution in [3.05, 3.63) is 12.2 Å². The number of carbonyl (C=O) groups is 1. The van der Waals surface area contributed by atoms with E-state index in [9.17, 15) is 4.79 Å². The van der Waals surface area contributed by atoms with Crippen LogP contribution < -0.4 is 0 Å². The second-order valence-electron chi connectivity index (χ2n) is 8.02. The Balaban J connectivity index is 3.82. The maximum absolute atomic E-state index is 12.3. The smallest absolute Gasteiger partial charge is 0.248 e. The summed E-state index contributed by atoms with van der Waals surface area (Å²) in [6, 6.07) is 0. The molecule has 154 valence electrons. The van der Waals surface area contributed by atoms with E-state index in [1.165, 1.54) is 89.9 Å². The summed E-state index contributed by atoms with van der Waals surface area (Å²) >= 11 is 0. The van der Waals surface area contributed by atoms with Gasteiger partial charge in [-0.1, -0.05) is 110 Å². The second-order valence-corrected chi connectivity index (χ2v) is 8.02. The summed E-state index contributed by atoms with van der Waals surface area (Å²) in [5.41, 5.74) is 0.684. The highest BCUT2D eigenvalue weighted by Gasteiger charge is 2.13. The lowest BCUT2D eigenvalue weighted by Gasteiger charge is -2.23. The Morgan fingerprint density at radius 2 is 0.923 bits per heavy atom. The van der Waals surface area contributed by atoms with Crippen molar-refractivity contribution in [3.63, 3.8) is 0 Å². The Kier molecular flexibility index (Phi) is 18.4. The van der Waals surface area contributed by atoms with Crippen molar-refractivity contribution < 1.29 is 4.79 Å². The highest BCUT2D eigenvalue weighted by Crippen LogP contribution is 2.12. The number of amides is 1. The summed E-state index contributed by atoms with van der Waals surface area (Å²) in [5.74, 6) is 0.163. The highest BCUT2D eigenvalue weighted by atomic mass is 16.2. The van der Waals surface area contributed by atoms with Gasteiger partial charge in [-0.05, 0) is 19.8 Å². The lowest BCUT2D eigenvalue weighted by atomic mass is 10.1. The minimum absolute atomic E-state index is 0.163. The summed E-state index contributed by atoms with van der Waals surface area (Å²) in [7, 11) is 0. The fourth-order valence-corrected chi connectivity index (χ4v) is 3.46. The fourth-order valence-electron chi connectivity index (χ4n) is 3.46. The number of hydrogen-bond donors (Lipinski definition) is 0. The van der Waals surface area contributed by atoms with E-state index >= 15 is 0 Å². The first-order valence-corrected chi connectivity index (χ1v) is 11.6. The van der Waals surface area contributed by atoms with Crippen LogP contribution in [0.15, 0.2) is 12.2 Å². The van der Waals surface area contributed by atoms with E-state index in [1.54, 1.807) is 0 Å². The largest absolute Gasteiger partial charge is 0.339 e. The summed E-state index contributed by atoms with van der Waals surface area (Å²) < 4.78 is 0. The minimum atomic E-state index is 0.163. The molecular formula is C24H47NO. The van der Waals surface area contributed by atoms with E-state index in [0.29, 0.717) is 5.57 Å². The third kappa shape index (κ3) is 15.5. The van der Waals surface area contributed by atoms with Crippen LogP contribution in [0.3, 0.4) is 0 Å². The quantitative estimate of drug-likeness (QED) is 0.170. The first-order valence-electron chi connectivity index (χ1n) is 11.6. The zero-order chi connectivity index (χ0) is 19.5. The number of nitrogens with zero attached hydrogens (tertiary/aromatic N) is 1. The minimum Gasteiger partial charge on any atom is -0.339 e. The number of carbonyl (C=O) groups excluding carboxylic acids is 1. The molecule has 0 aliphatic carbocycles. The van der Waals surface area contributed by atoms with Gasteiger partial charge < -0.3 is 4.90 Å². The Morgan fingerprint density at radius 3 is 1.23 bits per heavy atom. The van der Waals surface area contributed by atoms with E-state index in [2.05, 4.69) is 25.3 Å². The Hall–Kier alpha value is -0.790. The monoisotopic (exact) mass is 365 g/mol. The molecule has 0 N–H and O–H groups in total. The van der Waals surface area contributed by atoms with Crippen molar-refractivity contribution in [2.75, 3.05) is 13.1 Å². The number of unbranched alkanes of at least 4 members (excludes halogenated alkanes) is 14. The van der Waals surface area contributed by atoms with Gasteiger partial charge >= 0.3 is 0 Å². The standard InChI is InChI=1S/C24H47NO/c1-5-7-9-11-13-15-17-19-21-25(24(26)23(3)4)22-20-18-16-14-12-10-8-6-2/h3,5-22H2,1-2,4H3. The maximum atomic E-state index is 12.3. The van der Waals surface area contributed by atoms with Gasteiger partial charge in [0, 0.05) is 18.7 Å². The summed E-state index contributed by atoms with van der Waals surface area (Å²) in [4.78, 5) is 14.4. The molecule has 0 atom stereocenters. The van der Waals surface area contributed by atoms with Gasteiger partial charge in [-0.3, -0.25) is 4.79 Å². The van der Waals surface area contributed by atoms with Crippen molar-refractivity contribution in [2.45, 2.75) is 124 Å². The predicted molar refractivity (Wildman–Crippen MR) is 117 cm³/mol. The molecule has 0 bridgehead atoms. The highest BCUT2D eigenvalue weighted by molar-refractivity contribution is 5.92. The van der Waals surface area contributed by atoms with Crippen LogP contribution in [-0.4, -0.2) is 23.9 Å². The zero-order valence-corrected chi connectivity index (χ0v) is 18.3. The molecule has 1 amide bonds. The fraction of sp³-hybridized carbons (Fsp3) is 0.875. The predicted octanol–water partition coefficient (Wildman–Crippen LogP) is 7.67. The molecule has 0 saturated heterocycles. The van der Waals surface area contributed by atoms with Crippen LogP contribution in [0.4, 0.5) is 0 Å². The van der Waals surface area contributed by atoms with E-state index < -0.39 is 0 Å². The van der Waals surface area contributed by atoms with Crippen LogP contribution in [0.25, 0.3) is 0 Å². The van der Waals surface area contributed by atoms with Gasteiger partial charge in [-0.15, -0.1) is 0 Å². The van der Waals surface area contributed by atoms with Crippen LogP contribution >= 0.6 is 0 Å². The molecule has 0 heterocycles. The lowest BCUT2D eigenvalue weighted by molar-refractivity contribution is -0.127. The summed E-state index contributed by atoms with van der Waals surface area (Å²) in [6.07, 6.45) is 21.0. The van der Waals surface area contributed by atoms with Crippen molar-refractivity contribution >= 4 is 5.91 Å². The van der Waals surface area contributed by atoms with Gasteiger partial charge in [0.1, 0.15) is 0 Å². The second kappa shape index (κ2) is 19.0. The molecule has 0 aromatic heterocycles. The molecule has 0 aliphatic rings. The molecule has 0 unspecified atom stereocenters. The molecule has 0 aromatic carbocycles. The van der Waals surface area contributed by atoms with Gasteiger partial charge in [0.25, 0.3) is 0 Å². The molecule has 0 radical (unpaired) electrons. The van der Waals surface area contributed by atoms with Crippen LogP contribution in [0.5, 0.6) is 0 Å². The summed E-state index contributed by atoms with van der Waals surface area (Å²) in [5, 5.41) is 0. The third-order valence-corrected chi connectivity index (χ3v) is 5.22. The van der Waals surface area contributed by atoms with Crippen molar-refractivity contribution in [3.8, 4) is 0 Å². The number of hydrogen-bond acceptors (Lipinski definition) is 1. The lowest BCUT2D eigenvalue weighted by Crippen LogP contribution is -2.33. The number of rotatable bonds is 19. The van der Waals surface area contributed by atoms with E-state index in [1.807, 2.05) is 6.92 Å². The molecule has 0 aliphatic heterocycles. The average Bonchev–Trinajstić information content (AvgIpc) is 2.63. The molecule has 0 saturated carbocycles. The van der Waals surface area contributed by atoms with Gasteiger partial charge in [-0.2, -0.15) is 0 Å². The van der Waals surface area contributed by atoms with Crippen LogP contribution in [0.2, 0.25) is 0 Å². The molecule has 2 nitrogen and oxygen atoms in total. The Morgan fingerprint density at radius 1 is 0.615 bits per heavy atom. The molecule has 0 aromatic rings.